The molecule has 0 fully saturated rings. The maximum Gasteiger partial charge on any atom is 0.237 e. The molecule has 1 amide bonds. The van der Waals surface area contributed by atoms with Crippen molar-refractivity contribution >= 4 is 49.9 Å². The number of nitrogens with zero attached hydrogens (tertiary/aromatic N) is 2. The molecule has 1 aromatic heterocycles. The maximum atomic E-state index is 13.2. The van der Waals surface area contributed by atoms with Crippen LogP contribution in [0.1, 0.15) is 5.56 Å². The summed E-state index contributed by atoms with van der Waals surface area (Å²) in [5.74, 6) is -0.0440. The molecule has 0 aliphatic rings. The van der Waals surface area contributed by atoms with Crippen molar-refractivity contribution in [3.8, 4) is 0 Å². The molecule has 0 aliphatic carbocycles. The molecule has 0 saturated carbocycles. The largest absolute Gasteiger partial charge is 0.274 e. The van der Waals surface area contributed by atoms with Gasteiger partial charge in [-0.25, -0.2) is 4.98 Å². The van der Waals surface area contributed by atoms with Crippen molar-refractivity contribution in [2.45, 2.75) is 6.42 Å². The number of anilines is 2. The number of rotatable bonds is 4. The van der Waals surface area contributed by atoms with E-state index in [0.717, 1.165) is 21.5 Å². The van der Waals surface area contributed by atoms with E-state index in [-0.39, 0.29) is 5.91 Å². The first-order valence-corrected chi connectivity index (χ1v) is 9.38. The van der Waals surface area contributed by atoms with Crippen LogP contribution in [0.4, 0.5) is 10.8 Å². The van der Waals surface area contributed by atoms with Gasteiger partial charge in [-0.2, -0.15) is 0 Å². The molecule has 0 atom stereocenters. The van der Waals surface area contributed by atoms with E-state index >= 15 is 0 Å². The summed E-state index contributed by atoms with van der Waals surface area (Å²) in [6.45, 7) is 0. The number of benzene rings is 3. The van der Waals surface area contributed by atoms with Crippen LogP contribution in [0, 0.1) is 0 Å². The second kappa shape index (κ2) is 7.28. The average Bonchev–Trinajstić information content (AvgIpc) is 3.06. The maximum absolute atomic E-state index is 13.2. The molecule has 3 aromatic carbocycles. The monoisotopic (exact) mass is 378 g/mol. The highest BCUT2D eigenvalue weighted by atomic mass is 35.5. The van der Waals surface area contributed by atoms with Crippen molar-refractivity contribution in [3.05, 3.63) is 89.4 Å². The zero-order valence-electron chi connectivity index (χ0n) is 13.8. The summed E-state index contributed by atoms with van der Waals surface area (Å²) in [5, 5.41) is 1.23. The molecular weight excluding hydrogens is 364 g/mol. The summed E-state index contributed by atoms with van der Waals surface area (Å²) in [4.78, 5) is 19.5. The fraction of sp³-hybridized carbons (Fsp3) is 0.0476. The summed E-state index contributed by atoms with van der Waals surface area (Å²) in [5.41, 5.74) is 2.56. The molecule has 1 heterocycles. The van der Waals surface area contributed by atoms with Crippen molar-refractivity contribution in [3.63, 3.8) is 0 Å². The van der Waals surface area contributed by atoms with Crippen LogP contribution >= 0.6 is 22.9 Å². The van der Waals surface area contributed by atoms with Gasteiger partial charge in [0.2, 0.25) is 5.91 Å². The number of amides is 1. The highest BCUT2D eigenvalue weighted by molar-refractivity contribution is 7.22. The molecule has 26 heavy (non-hydrogen) atoms. The molecule has 0 bridgehead atoms. The SMILES string of the molecule is O=C(Cc1ccccc1)N(c1cccc(Cl)c1)c1nc2ccccc2s1. The van der Waals surface area contributed by atoms with Crippen LogP contribution in [0.2, 0.25) is 5.02 Å². The van der Waals surface area contributed by atoms with Gasteiger partial charge in [-0.05, 0) is 35.9 Å². The van der Waals surface area contributed by atoms with E-state index < -0.39 is 0 Å². The lowest BCUT2D eigenvalue weighted by atomic mass is 10.1. The lowest BCUT2D eigenvalue weighted by molar-refractivity contribution is -0.117. The van der Waals surface area contributed by atoms with Crippen LogP contribution in [0.5, 0.6) is 0 Å². The Morgan fingerprint density at radius 2 is 1.73 bits per heavy atom. The van der Waals surface area contributed by atoms with E-state index in [1.807, 2.05) is 66.7 Å². The molecule has 0 aliphatic heterocycles. The van der Waals surface area contributed by atoms with Gasteiger partial charge in [0.25, 0.3) is 0 Å². The quantitative estimate of drug-likeness (QED) is 0.445. The Morgan fingerprint density at radius 1 is 0.962 bits per heavy atom. The first-order chi connectivity index (χ1) is 12.7. The van der Waals surface area contributed by atoms with Gasteiger partial charge >= 0.3 is 0 Å². The van der Waals surface area contributed by atoms with Crippen LogP contribution in [0.3, 0.4) is 0 Å². The number of aromatic nitrogens is 1. The Bertz CT molecular complexity index is 1030. The van der Waals surface area contributed by atoms with Crippen molar-refractivity contribution in [2.75, 3.05) is 4.90 Å². The van der Waals surface area contributed by atoms with Crippen molar-refractivity contribution in [1.29, 1.82) is 0 Å². The number of hydrogen-bond donors (Lipinski definition) is 0. The van der Waals surface area contributed by atoms with Gasteiger partial charge in [-0.15, -0.1) is 0 Å². The van der Waals surface area contributed by atoms with Crippen LogP contribution in [-0.2, 0) is 11.2 Å². The van der Waals surface area contributed by atoms with E-state index in [4.69, 9.17) is 11.6 Å². The number of carbonyl (C=O) groups excluding carboxylic acids is 1. The fourth-order valence-electron chi connectivity index (χ4n) is 2.78. The van der Waals surface area contributed by atoms with E-state index in [1.54, 1.807) is 17.0 Å². The Labute approximate surface area is 160 Å². The Balaban J connectivity index is 1.77. The molecule has 4 rings (SSSR count). The summed E-state index contributed by atoms with van der Waals surface area (Å²) in [6, 6.07) is 24.9. The number of hydrogen-bond acceptors (Lipinski definition) is 3. The van der Waals surface area contributed by atoms with E-state index in [2.05, 4.69) is 4.98 Å². The van der Waals surface area contributed by atoms with Crippen LogP contribution in [-0.4, -0.2) is 10.9 Å². The fourth-order valence-corrected chi connectivity index (χ4v) is 3.97. The van der Waals surface area contributed by atoms with Gasteiger partial charge in [0.1, 0.15) is 0 Å². The topological polar surface area (TPSA) is 33.2 Å². The number of halogens is 1. The minimum Gasteiger partial charge on any atom is -0.274 e. The average molecular weight is 379 g/mol. The second-order valence-electron chi connectivity index (χ2n) is 5.84. The minimum absolute atomic E-state index is 0.0440. The molecule has 0 unspecified atom stereocenters. The minimum atomic E-state index is -0.0440. The Kier molecular flexibility index (Phi) is 4.69. The molecule has 0 saturated heterocycles. The molecule has 3 nitrogen and oxygen atoms in total. The Hall–Kier alpha value is -2.69. The van der Waals surface area contributed by atoms with Gasteiger partial charge in [0.15, 0.2) is 5.13 Å². The first kappa shape index (κ1) is 16.8. The summed E-state index contributed by atoms with van der Waals surface area (Å²) in [6.07, 6.45) is 0.295. The van der Waals surface area contributed by atoms with Crippen molar-refractivity contribution < 1.29 is 4.79 Å². The number of fused-ring (bicyclic) bond motifs is 1. The van der Waals surface area contributed by atoms with Gasteiger partial charge < -0.3 is 0 Å². The molecule has 0 spiro atoms. The molecule has 128 valence electrons. The molecule has 0 N–H and O–H groups in total. The molecule has 5 heteroatoms. The van der Waals surface area contributed by atoms with Crippen molar-refractivity contribution in [2.24, 2.45) is 0 Å². The highest BCUT2D eigenvalue weighted by Gasteiger charge is 2.22. The van der Waals surface area contributed by atoms with Crippen LogP contribution < -0.4 is 4.90 Å². The van der Waals surface area contributed by atoms with Gasteiger partial charge in [-0.3, -0.25) is 9.69 Å². The van der Waals surface area contributed by atoms with E-state index in [0.29, 0.717) is 16.6 Å². The Morgan fingerprint density at radius 3 is 2.50 bits per heavy atom. The highest BCUT2D eigenvalue weighted by Crippen LogP contribution is 2.34. The predicted molar refractivity (Wildman–Crippen MR) is 108 cm³/mol. The molecule has 0 radical (unpaired) electrons. The summed E-state index contributed by atoms with van der Waals surface area (Å²) >= 11 is 7.66. The van der Waals surface area contributed by atoms with Crippen LogP contribution in [0.25, 0.3) is 10.2 Å². The molecule has 4 aromatic rings. The smallest absolute Gasteiger partial charge is 0.237 e. The lowest BCUT2D eigenvalue weighted by Crippen LogP contribution is -2.27. The lowest BCUT2D eigenvalue weighted by Gasteiger charge is -2.20. The zero-order chi connectivity index (χ0) is 17.9. The number of carbonyl (C=O) groups is 1. The van der Waals surface area contributed by atoms with Gasteiger partial charge in [0, 0.05) is 5.02 Å². The van der Waals surface area contributed by atoms with Gasteiger partial charge in [0.05, 0.1) is 22.3 Å². The second-order valence-corrected chi connectivity index (χ2v) is 7.28. The standard InChI is InChI=1S/C21H15ClN2OS/c22-16-9-6-10-17(14-16)24(20(25)13-15-7-2-1-3-8-15)21-23-18-11-4-5-12-19(18)26-21/h1-12,14H,13H2. The van der Waals surface area contributed by atoms with E-state index in [9.17, 15) is 4.79 Å². The summed E-state index contributed by atoms with van der Waals surface area (Å²) < 4.78 is 1.04. The first-order valence-electron chi connectivity index (χ1n) is 8.19. The third-order valence-corrected chi connectivity index (χ3v) is 5.24. The van der Waals surface area contributed by atoms with Crippen LogP contribution in [0.15, 0.2) is 78.9 Å². The summed E-state index contributed by atoms with van der Waals surface area (Å²) in [7, 11) is 0. The molecular formula is C21H15ClN2OS. The van der Waals surface area contributed by atoms with E-state index in [1.165, 1.54) is 11.3 Å². The third-order valence-electron chi connectivity index (χ3n) is 3.99. The predicted octanol–water partition coefficient (Wildman–Crippen LogP) is 5.86. The number of para-hydroxylation sites is 1. The zero-order valence-corrected chi connectivity index (χ0v) is 15.4. The number of thiazole rings is 1. The third kappa shape index (κ3) is 3.47. The van der Waals surface area contributed by atoms with Gasteiger partial charge in [-0.1, -0.05) is 71.5 Å². The van der Waals surface area contributed by atoms with Crippen molar-refractivity contribution in [1.82, 2.24) is 4.98 Å². The normalized spacial score (nSPS) is 10.8.